The van der Waals surface area contributed by atoms with E-state index in [2.05, 4.69) is 23.8 Å². The number of anilines is 1. The number of methoxy groups -OCH3 is 1. The van der Waals surface area contributed by atoms with Crippen LogP contribution in [0.1, 0.15) is 53.1 Å². The fourth-order valence-corrected chi connectivity index (χ4v) is 5.79. The Hall–Kier alpha value is -4.52. The zero-order chi connectivity index (χ0) is 36.2. The zero-order valence-corrected chi connectivity index (χ0v) is 28.9. The summed E-state index contributed by atoms with van der Waals surface area (Å²) in [6.45, 7) is 6.06. The van der Waals surface area contributed by atoms with Gasteiger partial charge in [-0.25, -0.2) is 15.0 Å². The highest BCUT2D eigenvalue weighted by molar-refractivity contribution is 7.98. The van der Waals surface area contributed by atoms with E-state index in [-0.39, 0.29) is 36.6 Å². The minimum atomic E-state index is -5.00. The zero-order valence-electron chi connectivity index (χ0n) is 28.1. The largest absolute Gasteiger partial charge is 0.496 e. The van der Waals surface area contributed by atoms with E-state index in [1.807, 2.05) is 55.6 Å². The Morgan fingerprint density at radius 1 is 0.860 bits per heavy atom. The van der Waals surface area contributed by atoms with E-state index in [0.717, 1.165) is 39.9 Å². The quantitative estimate of drug-likeness (QED) is 0.0942. The molecule has 6 nitrogen and oxygen atoms in total. The van der Waals surface area contributed by atoms with E-state index < -0.39 is 23.5 Å². The molecule has 50 heavy (non-hydrogen) atoms. The summed E-state index contributed by atoms with van der Waals surface area (Å²) >= 11 is 1.59. The lowest BCUT2D eigenvalue weighted by Gasteiger charge is -2.26. The van der Waals surface area contributed by atoms with E-state index >= 15 is 0 Å². The van der Waals surface area contributed by atoms with Crippen LogP contribution in [-0.4, -0.2) is 40.7 Å². The molecule has 5 aromatic rings. The van der Waals surface area contributed by atoms with E-state index in [0.29, 0.717) is 34.9 Å². The van der Waals surface area contributed by atoms with E-state index in [9.17, 15) is 26.3 Å². The molecule has 3 aromatic carbocycles. The maximum atomic E-state index is 13.9. The standard InChI is InChI=1S/C37H36F6N4O2S/c1-22(2)25-9-10-32(48-4)31(16-25)34-27(15-26-8-6-7-23(3)33(26)46-34)21-47(35-44-18-30(19-45-35)49-11-12-50-5)20-24-13-28(36(38,39)40)17-29(14-24)37(41,42)43/h6-10,13-19,22H,11-12,20-21H2,1-5H3. The molecule has 13 heteroatoms. The van der Waals surface area contributed by atoms with Crippen molar-refractivity contribution in [1.82, 2.24) is 15.0 Å². The molecule has 5 rings (SSSR count). The van der Waals surface area contributed by atoms with Gasteiger partial charge in [-0.2, -0.15) is 38.1 Å². The van der Waals surface area contributed by atoms with Crippen molar-refractivity contribution in [3.05, 3.63) is 106 Å². The number of pyridine rings is 1. The van der Waals surface area contributed by atoms with Gasteiger partial charge in [0.25, 0.3) is 0 Å². The van der Waals surface area contributed by atoms with Gasteiger partial charge in [-0.05, 0) is 77.7 Å². The minimum absolute atomic E-state index is 0.0223. The van der Waals surface area contributed by atoms with Crippen LogP contribution in [0.5, 0.6) is 11.5 Å². The highest BCUT2D eigenvalue weighted by atomic mass is 32.2. The second-order valence-electron chi connectivity index (χ2n) is 12.1. The van der Waals surface area contributed by atoms with Gasteiger partial charge in [0.05, 0.1) is 48.4 Å². The van der Waals surface area contributed by atoms with Crippen molar-refractivity contribution >= 4 is 28.6 Å². The summed E-state index contributed by atoms with van der Waals surface area (Å²) < 4.78 is 94.6. The third kappa shape index (κ3) is 8.61. The average Bonchev–Trinajstić information content (AvgIpc) is 3.07. The van der Waals surface area contributed by atoms with Gasteiger partial charge in [0.2, 0.25) is 5.95 Å². The van der Waals surface area contributed by atoms with Crippen LogP contribution in [0.25, 0.3) is 22.2 Å². The summed E-state index contributed by atoms with van der Waals surface area (Å²) in [4.78, 5) is 15.5. The van der Waals surface area contributed by atoms with Gasteiger partial charge in [0.1, 0.15) is 5.75 Å². The summed E-state index contributed by atoms with van der Waals surface area (Å²) in [6, 6.07) is 15.0. The molecule has 0 fully saturated rings. The summed E-state index contributed by atoms with van der Waals surface area (Å²) in [5, 5.41) is 0.805. The number of rotatable bonds is 12. The lowest BCUT2D eigenvalue weighted by atomic mass is 9.95. The lowest BCUT2D eigenvalue weighted by Crippen LogP contribution is -2.25. The molecular weight excluding hydrogens is 678 g/mol. The number of aromatic nitrogens is 3. The summed E-state index contributed by atoms with van der Waals surface area (Å²) in [7, 11) is 1.55. The molecule has 0 aliphatic rings. The predicted octanol–water partition coefficient (Wildman–Crippen LogP) is 10.1. The Balaban J connectivity index is 1.69. The molecule has 0 saturated heterocycles. The molecule has 0 saturated carbocycles. The highest BCUT2D eigenvalue weighted by Gasteiger charge is 2.37. The number of nitrogens with zero attached hydrogens (tertiary/aromatic N) is 4. The van der Waals surface area contributed by atoms with Crippen molar-refractivity contribution in [1.29, 1.82) is 0 Å². The first-order valence-corrected chi connectivity index (χ1v) is 17.1. The molecular formula is C37H36F6N4O2S. The first-order valence-electron chi connectivity index (χ1n) is 15.7. The number of para-hydroxylation sites is 1. The molecule has 0 aliphatic heterocycles. The first kappa shape index (κ1) is 36.8. The molecule has 0 atom stereocenters. The van der Waals surface area contributed by atoms with E-state index in [4.69, 9.17) is 14.5 Å². The van der Waals surface area contributed by atoms with Gasteiger partial charge >= 0.3 is 12.4 Å². The fourth-order valence-electron chi connectivity index (χ4n) is 5.54. The minimum Gasteiger partial charge on any atom is -0.496 e. The molecule has 2 aromatic heterocycles. The number of hydrogen-bond donors (Lipinski definition) is 0. The average molecular weight is 715 g/mol. The summed E-state index contributed by atoms with van der Waals surface area (Å²) in [6.07, 6.45) is -5.20. The number of benzene rings is 3. The molecule has 0 radical (unpaired) electrons. The van der Waals surface area contributed by atoms with Crippen LogP contribution in [0.15, 0.2) is 73.1 Å². The second kappa shape index (κ2) is 15.2. The van der Waals surface area contributed by atoms with Gasteiger partial charge in [-0.1, -0.05) is 38.1 Å². The van der Waals surface area contributed by atoms with Crippen LogP contribution in [0.4, 0.5) is 32.3 Å². The van der Waals surface area contributed by atoms with Crippen molar-refractivity contribution < 1.29 is 35.8 Å². The number of aryl methyl sites for hydroxylation is 1. The normalized spacial score (nSPS) is 12.1. The van der Waals surface area contributed by atoms with Gasteiger partial charge < -0.3 is 14.4 Å². The van der Waals surface area contributed by atoms with Gasteiger partial charge in [-0.15, -0.1) is 0 Å². The van der Waals surface area contributed by atoms with Crippen molar-refractivity contribution in [2.75, 3.05) is 30.6 Å². The van der Waals surface area contributed by atoms with E-state index in [1.165, 1.54) is 17.3 Å². The Bertz CT molecular complexity index is 1920. The third-order valence-corrected chi connectivity index (χ3v) is 8.68. The SMILES string of the molecule is COc1ccc(C(C)C)cc1-c1nc2c(C)cccc2cc1CN(Cc1cc(C(F)(F)F)cc(C(F)(F)F)c1)c1ncc(OCCSC)cn1. The number of ether oxygens (including phenoxy) is 2. The molecule has 2 heterocycles. The van der Waals surface area contributed by atoms with Gasteiger partial charge in [0.15, 0.2) is 5.75 Å². The third-order valence-electron chi connectivity index (χ3n) is 8.11. The van der Waals surface area contributed by atoms with Crippen LogP contribution in [0, 0.1) is 6.92 Å². The maximum absolute atomic E-state index is 13.9. The molecule has 0 spiro atoms. The van der Waals surface area contributed by atoms with Crippen LogP contribution >= 0.6 is 11.8 Å². The molecule has 0 unspecified atom stereocenters. The van der Waals surface area contributed by atoms with Crippen molar-refractivity contribution in [2.45, 2.75) is 52.1 Å². The number of hydrogen-bond acceptors (Lipinski definition) is 7. The topological polar surface area (TPSA) is 60.4 Å². The van der Waals surface area contributed by atoms with Gasteiger partial charge in [-0.3, -0.25) is 0 Å². The van der Waals surface area contributed by atoms with Crippen molar-refractivity contribution in [3.63, 3.8) is 0 Å². The molecule has 0 bridgehead atoms. The highest BCUT2D eigenvalue weighted by Crippen LogP contribution is 2.39. The lowest BCUT2D eigenvalue weighted by molar-refractivity contribution is -0.143. The molecule has 0 amide bonds. The van der Waals surface area contributed by atoms with Crippen LogP contribution < -0.4 is 14.4 Å². The number of alkyl halides is 6. The number of halogens is 6. The number of thioether (sulfide) groups is 1. The molecule has 264 valence electrons. The van der Waals surface area contributed by atoms with Crippen LogP contribution in [0.3, 0.4) is 0 Å². The van der Waals surface area contributed by atoms with Crippen LogP contribution in [0.2, 0.25) is 0 Å². The second-order valence-corrected chi connectivity index (χ2v) is 13.1. The Kier molecular flexibility index (Phi) is 11.1. The molecule has 0 aliphatic carbocycles. The van der Waals surface area contributed by atoms with Crippen molar-refractivity contribution in [2.24, 2.45) is 0 Å². The predicted molar refractivity (Wildman–Crippen MR) is 185 cm³/mol. The monoisotopic (exact) mass is 714 g/mol. The summed E-state index contributed by atoms with van der Waals surface area (Å²) in [5.74, 6) is 1.91. The number of fused-ring (bicyclic) bond motifs is 1. The van der Waals surface area contributed by atoms with Crippen molar-refractivity contribution in [3.8, 4) is 22.8 Å². The first-order chi connectivity index (χ1) is 23.7. The smallest absolute Gasteiger partial charge is 0.416 e. The Labute approximate surface area is 290 Å². The Morgan fingerprint density at radius 3 is 2.14 bits per heavy atom. The maximum Gasteiger partial charge on any atom is 0.416 e. The Morgan fingerprint density at radius 2 is 1.54 bits per heavy atom. The van der Waals surface area contributed by atoms with Crippen LogP contribution in [-0.2, 0) is 25.4 Å². The van der Waals surface area contributed by atoms with E-state index in [1.54, 1.807) is 18.9 Å². The molecule has 0 N–H and O–H groups in total. The van der Waals surface area contributed by atoms with Gasteiger partial charge in [0, 0.05) is 29.8 Å². The fraction of sp³-hybridized carbons (Fsp3) is 0.324. The summed E-state index contributed by atoms with van der Waals surface area (Å²) in [5.41, 5.74) is 1.54.